The Kier molecular flexibility index (Phi) is 4.39. The van der Waals surface area contributed by atoms with Crippen LogP contribution in [-0.4, -0.2) is 34.5 Å². The van der Waals surface area contributed by atoms with Gasteiger partial charge in [-0.25, -0.2) is 0 Å². The van der Waals surface area contributed by atoms with Gasteiger partial charge in [0.05, 0.1) is 6.54 Å². The zero-order chi connectivity index (χ0) is 17.3. The second-order valence-electron chi connectivity index (χ2n) is 5.67. The lowest BCUT2D eigenvalue weighted by Crippen LogP contribution is -2.24. The highest BCUT2D eigenvalue weighted by Crippen LogP contribution is 2.30. The number of fused-ring (bicyclic) bond motifs is 1. The van der Waals surface area contributed by atoms with Crippen LogP contribution < -0.4 is 9.64 Å². The second-order valence-corrected chi connectivity index (χ2v) is 6.54. The quantitative estimate of drug-likeness (QED) is 0.505. The molecule has 0 atom stereocenters. The molecule has 126 valence electrons. The molecule has 0 radical (unpaired) electrons. The summed E-state index contributed by atoms with van der Waals surface area (Å²) in [6, 6.07) is 6.03. The minimum absolute atomic E-state index is 0.0137. The second kappa shape index (κ2) is 6.48. The molecular formula is C16H18N4O3S. The molecule has 0 aliphatic rings. The molecule has 0 spiro atoms. The highest BCUT2D eigenvalue weighted by atomic mass is 32.1. The SMILES string of the molecule is Cc1cc(C)cc(OCCN(C)c2nc3sccn3c2[N+](=O)[O-])c1. The molecule has 0 aliphatic heterocycles. The van der Waals surface area contributed by atoms with E-state index in [-0.39, 0.29) is 5.82 Å². The van der Waals surface area contributed by atoms with Gasteiger partial charge in [0.15, 0.2) is 0 Å². The van der Waals surface area contributed by atoms with Crippen molar-refractivity contribution in [3.05, 3.63) is 51.0 Å². The fraction of sp³-hybridized carbons (Fsp3) is 0.312. The van der Waals surface area contributed by atoms with Crippen LogP contribution in [0.5, 0.6) is 5.75 Å². The van der Waals surface area contributed by atoms with Gasteiger partial charge in [0.2, 0.25) is 5.82 Å². The fourth-order valence-corrected chi connectivity index (χ4v) is 3.32. The number of anilines is 1. The number of nitrogens with zero attached hydrogens (tertiary/aromatic N) is 4. The van der Waals surface area contributed by atoms with Gasteiger partial charge >= 0.3 is 5.82 Å². The Balaban J connectivity index is 1.71. The van der Waals surface area contributed by atoms with Crippen LogP contribution in [0.4, 0.5) is 11.6 Å². The molecule has 0 saturated heterocycles. The lowest BCUT2D eigenvalue weighted by Gasteiger charge is -2.16. The number of hydrogen-bond donors (Lipinski definition) is 0. The van der Waals surface area contributed by atoms with Crippen molar-refractivity contribution in [2.24, 2.45) is 0 Å². The summed E-state index contributed by atoms with van der Waals surface area (Å²) in [4.78, 5) is 17.7. The maximum Gasteiger partial charge on any atom is 0.373 e. The van der Waals surface area contributed by atoms with E-state index < -0.39 is 4.92 Å². The van der Waals surface area contributed by atoms with Gasteiger partial charge in [-0.3, -0.25) is 0 Å². The standard InChI is InChI=1S/C16H18N4O3S/c1-11-8-12(2)10-13(9-11)23-6-4-18(3)14-15(20(21)22)19-5-7-24-16(19)17-14/h5,7-10H,4,6H2,1-3H3. The van der Waals surface area contributed by atoms with E-state index in [1.54, 1.807) is 23.5 Å². The van der Waals surface area contributed by atoms with E-state index in [1.807, 2.05) is 26.0 Å². The van der Waals surface area contributed by atoms with Crippen molar-refractivity contribution in [2.75, 3.05) is 25.1 Å². The number of aryl methyl sites for hydroxylation is 2. The van der Waals surface area contributed by atoms with Crippen molar-refractivity contribution in [3.63, 3.8) is 0 Å². The maximum atomic E-state index is 11.4. The predicted octanol–water partition coefficient (Wildman–Crippen LogP) is 3.44. The van der Waals surface area contributed by atoms with Crippen molar-refractivity contribution in [1.29, 1.82) is 0 Å². The molecule has 1 aromatic carbocycles. The van der Waals surface area contributed by atoms with E-state index in [4.69, 9.17) is 4.74 Å². The molecule has 7 nitrogen and oxygen atoms in total. The smallest absolute Gasteiger partial charge is 0.373 e. The van der Waals surface area contributed by atoms with Gasteiger partial charge in [-0.1, -0.05) is 17.4 Å². The van der Waals surface area contributed by atoms with E-state index in [9.17, 15) is 10.1 Å². The van der Waals surface area contributed by atoms with Gasteiger partial charge < -0.3 is 19.8 Å². The first kappa shape index (κ1) is 16.3. The normalized spacial score (nSPS) is 11.0. The summed E-state index contributed by atoms with van der Waals surface area (Å²) in [7, 11) is 1.78. The Labute approximate surface area is 143 Å². The first-order chi connectivity index (χ1) is 11.5. The van der Waals surface area contributed by atoms with E-state index in [2.05, 4.69) is 11.1 Å². The number of thiazole rings is 1. The highest BCUT2D eigenvalue weighted by Gasteiger charge is 2.26. The summed E-state index contributed by atoms with van der Waals surface area (Å²) in [6.07, 6.45) is 1.66. The summed E-state index contributed by atoms with van der Waals surface area (Å²) in [5.74, 6) is 1.15. The molecule has 0 fully saturated rings. The van der Waals surface area contributed by atoms with Crippen LogP contribution in [0.3, 0.4) is 0 Å². The zero-order valence-electron chi connectivity index (χ0n) is 13.7. The average Bonchev–Trinajstić information content (AvgIpc) is 3.05. The molecule has 3 aromatic rings. The number of hydrogen-bond acceptors (Lipinski definition) is 6. The van der Waals surface area contributed by atoms with Gasteiger partial charge in [0.1, 0.15) is 18.6 Å². The first-order valence-electron chi connectivity index (χ1n) is 7.48. The number of nitro groups is 1. The van der Waals surface area contributed by atoms with Crippen molar-refractivity contribution in [3.8, 4) is 5.75 Å². The number of likely N-dealkylation sites (N-methyl/N-ethyl adjacent to an activating group) is 1. The molecule has 0 N–H and O–H groups in total. The summed E-state index contributed by atoms with van der Waals surface area (Å²) in [5, 5.41) is 13.1. The van der Waals surface area contributed by atoms with Crippen molar-refractivity contribution in [2.45, 2.75) is 13.8 Å². The van der Waals surface area contributed by atoms with Gasteiger partial charge in [0.25, 0.3) is 4.96 Å². The molecule has 2 aromatic heterocycles. The average molecular weight is 346 g/mol. The van der Waals surface area contributed by atoms with Crippen LogP contribution >= 0.6 is 11.3 Å². The van der Waals surface area contributed by atoms with Gasteiger partial charge in [0, 0.05) is 12.4 Å². The van der Waals surface area contributed by atoms with Gasteiger partial charge in [-0.05, 0) is 42.0 Å². The summed E-state index contributed by atoms with van der Waals surface area (Å²) < 4.78 is 7.27. The summed E-state index contributed by atoms with van der Waals surface area (Å²) in [6.45, 7) is 4.96. The van der Waals surface area contributed by atoms with Crippen LogP contribution in [0.2, 0.25) is 0 Å². The van der Waals surface area contributed by atoms with E-state index in [1.165, 1.54) is 15.7 Å². The number of benzene rings is 1. The van der Waals surface area contributed by atoms with Crippen LogP contribution in [-0.2, 0) is 0 Å². The topological polar surface area (TPSA) is 72.9 Å². The third-order valence-corrected chi connectivity index (χ3v) is 4.40. The minimum Gasteiger partial charge on any atom is -0.492 e. The molecule has 2 heterocycles. The molecule has 24 heavy (non-hydrogen) atoms. The Bertz CT molecular complexity index is 866. The molecule has 3 rings (SSSR count). The molecule has 0 bridgehead atoms. The number of imidazole rings is 1. The molecule has 0 aliphatic carbocycles. The van der Waals surface area contributed by atoms with Gasteiger partial charge in [-0.15, -0.1) is 0 Å². The highest BCUT2D eigenvalue weighted by molar-refractivity contribution is 7.15. The van der Waals surface area contributed by atoms with Crippen molar-refractivity contribution >= 4 is 27.9 Å². The van der Waals surface area contributed by atoms with Crippen LogP contribution in [0, 0.1) is 24.0 Å². The molecule has 0 unspecified atom stereocenters. The summed E-state index contributed by atoms with van der Waals surface area (Å²) >= 11 is 1.37. The van der Waals surface area contributed by atoms with Crippen LogP contribution in [0.15, 0.2) is 29.8 Å². The summed E-state index contributed by atoms with van der Waals surface area (Å²) in [5.41, 5.74) is 2.28. The zero-order valence-corrected chi connectivity index (χ0v) is 14.5. The molecule has 0 amide bonds. The third kappa shape index (κ3) is 3.18. The van der Waals surface area contributed by atoms with Crippen molar-refractivity contribution < 1.29 is 9.66 Å². The monoisotopic (exact) mass is 346 g/mol. The Hall–Kier alpha value is -2.61. The maximum absolute atomic E-state index is 11.4. The van der Waals surface area contributed by atoms with Crippen LogP contribution in [0.25, 0.3) is 4.96 Å². The molecule has 8 heteroatoms. The van der Waals surface area contributed by atoms with Crippen LogP contribution in [0.1, 0.15) is 11.1 Å². The van der Waals surface area contributed by atoms with E-state index in [0.717, 1.165) is 16.9 Å². The Morgan fingerprint density at radius 1 is 1.33 bits per heavy atom. The minimum atomic E-state index is -0.399. The lowest BCUT2D eigenvalue weighted by molar-refractivity contribution is -0.389. The van der Waals surface area contributed by atoms with E-state index in [0.29, 0.717) is 23.9 Å². The largest absolute Gasteiger partial charge is 0.492 e. The third-order valence-electron chi connectivity index (χ3n) is 3.64. The number of rotatable bonds is 6. The molecular weight excluding hydrogens is 328 g/mol. The number of aromatic nitrogens is 2. The predicted molar refractivity (Wildman–Crippen MR) is 94.4 cm³/mol. The van der Waals surface area contributed by atoms with Crippen molar-refractivity contribution in [1.82, 2.24) is 9.38 Å². The first-order valence-corrected chi connectivity index (χ1v) is 8.36. The van der Waals surface area contributed by atoms with Gasteiger partial charge in [-0.2, -0.15) is 9.38 Å². The van der Waals surface area contributed by atoms with E-state index >= 15 is 0 Å². The fourth-order valence-electron chi connectivity index (χ4n) is 2.61. The lowest BCUT2D eigenvalue weighted by atomic mass is 10.1. The number of ether oxygens (including phenoxy) is 1. The Morgan fingerprint density at radius 3 is 2.71 bits per heavy atom. The Morgan fingerprint density at radius 2 is 2.04 bits per heavy atom. The molecule has 0 saturated carbocycles.